The number of fused-ring (bicyclic) bond motifs is 2. The third kappa shape index (κ3) is 6.56. The molecule has 5 atom stereocenters. The Morgan fingerprint density at radius 3 is 1.89 bits per heavy atom. The summed E-state index contributed by atoms with van der Waals surface area (Å²) >= 11 is 0. The molecule has 0 saturated carbocycles. The van der Waals surface area contributed by atoms with Crippen molar-refractivity contribution in [2.45, 2.75) is 84.7 Å². The summed E-state index contributed by atoms with van der Waals surface area (Å²) in [5.41, 5.74) is 0.642. The topological polar surface area (TPSA) is 33.3 Å². The molecule has 5 fully saturated rings. The highest BCUT2D eigenvalue weighted by atomic mass is 16.2. The summed E-state index contributed by atoms with van der Waals surface area (Å²) in [6.45, 7) is 29.4. The van der Waals surface area contributed by atoms with Crippen LogP contribution in [0.5, 0.6) is 0 Å². The summed E-state index contributed by atoms with van der Waals surface area (Å²) in [6.07, 6.45) is 5.65. The van der Waals surface area contributed by atoms with Crippen molar-refractivity contribution in [3.8, 4) is 0 Å². The van der Waals surface area contributed by atoms with Gasteiger partial charge in [0, 0.05) is 89.5 Å². The van der Waals surface area contributed by atoms with Gasteiger partial charge in [0.25, 0.3) is 0 Å². The van der Waals surface area contributed by atoms with Crippen LogP contribution in [0.15, 0.2) is 0 Å². The zero-order valence-electron chi connectivity index (χ0n) is 25.1. The standard InChI is InChI=1S/C31H57N5O/c1-24(15-33-18-27-20-35(30(2,3)4)21-28(27)19-33)10-11-31(5,6)36-22-25-16-32(17-26(25)23-36)12-8-14-34-13-7-9-29(34)37/h24-28H,7-23H2,1-6H3/t24?,25-,26+,27-,28+. The summed E-state index contributed by atoms with van der Waals surface area (Å²) in [5, 5.41) is 0. The number of nitrogens with zero attached hydrogens (tertiary/aromatic N) is 5. The number of carbonyl (C=O) groups is 1. The van der Waals surface area contributed by atoms with E-state index < -0.39 is 0 Å². The molecule has 1 unspecified atom stereocenters. The molecule has 5 saturated heterocycles. The molecule has 0 aromatic heterocycles. The van der Waals surface area contributed by atoms with Gasteiger partial charge in [-0.05, 0) is 96.4 Å². The van der Waals surface area contributed by atoms with Crippen LogP contribution in [-0.4, -0.2) is 120 Å². The Labute approximate surface area is 228 Å². The first-order valence-corrected chi connectivity index (χ1v) is 15.7. The minimum absolute atomic E-state index is 0.314. The SMILES string of the molecule is CC(CCC(C)(C)N1C[C@H]2CN(CCCN3CCCC3=O)C[C@H]2C1)CN1C[C@@H]2CN(C(C)(C)C)C[C@@H]2C1. The van der Waals surface area contributed by atoms with Gasteiger partial charge in [0.05, 0.1) is 0 Å². The molecule has 212 valence electrons. The maximum absolute atomic E-state index is 11.9. The molecule has 0 radical (unpaired) electrons. The third-order valence-electron chi connectivity index (χ3n) is 10.8. The molecule has 0 aromatic carbocycles. The molecular formula is C31H57N5O. The lowest BCUT2D eigenvalue weighted by Gasteiger charge is -2.38. The fraction of sp³-hybridized carbons (Fsp3) is 0.968. The van der Waals surface area contributed by atoms with Crippen molar-refractivity contribution >= 4 is 5.91 Å². The maximum Gasteiger partial charge on any atom is 0.222 e. The van der Waals surface area contributed by atoms with E-state index in [0.29, 0.717) is 17.0 Å². The van der Waals surface area contributed by atoms with Gasteiger partial charge in [-0.3, -0.25) is 14.6 Å². The van der Waals surface area contributed by atoms with E-state index >= 15 is 0 Å². The molecule has 1 amide bonds. The zero-order valence-corrected chi connectivity index (χ0v) is 25.1. The molecule has 6 nitrogen and oxygen atoms in total. The highest BCUT2D eigenvalue weighted by Crippen LogP contribution is 2.38. The third-order valence-corrected chi connectivity index (χ3v) is 10.8. The number of hydrogen-bond acceptors (Lipinski definition) is 5. The first-order chi connectivity index (χ1) is 17.5. The fourth-order valence-corrected chi connectivity index (χ4v) is 8.27. The summed E-state index contributed by atoms with van der Waals surface area (Å²) < 4.78 is 0. The van der Waals surface area contributed by atoms with Gasteiger partial charge in [-0.2, -0.15) is 0 Å². The van der Waals surface area contributed by atoms with Crippen LogP contribution in [0.25, 0.3) is 0 Å². The molecule has 5 aliphatic rings. The molecular weight excluding hydrogens is 458 g/mol. The minimum atomic E-state index is 0.314. The second-order valence-corrected chi connectivity index (χ2v) is 15.3. The average molecular weight is 516 g/mol. The molecule has 0 N–H and O–H groups in total. The van der Waals surface area contributed by atoms with Crippen molar-refractivity contribution < 1.29 is 4.79 Å². The van der Waals surface area contributed by atoms with Crippen LogP contribution in [0.3, 0.4) is 0 Å². The summed E-state index contributed by atoms with van der Waals surface area (Å²) in [6, 6.07) is 0. The monoisotopic (exact) mass is 515 g/mol. The number of carbonyl (C=O) groups excluding carboxylic acids is 1. The first kappa shape index (κ1) is 27.9. The molecule has 37 heavy (non-hydrogen) atoms. The van der Waals surface area contributed by atoms with E-state index in [9.17, 15) is 4.79 Å². The maximum atomic E-state index is 11.9. The van der Waals surface area contributed by atoms with Crippen molar-refractivity contribution in [1.29, 1.82) is 0 Å². The molecule has 5 rings (SSSR count). The number of hydrogen-bond donors (Lipinski definition) is 0. The van der Waals surface area contributed by atoms with Crippen molar-refractivity contribution in [2.24, 2.45) is 29.6 Å². The summed E-state index contributed by atoms with van der Waals surface area (Å²) in [4.78, 5) is 25.0. The molecule has 0 aromatic rings. The van der Waals surface area contributed by atoms with E-state index in [1.54, 1.807) is 0 Å². The molecule has 0 bridgehead atoms. The quantitative estimate of drug-likeness (QED) is 0.443. The van der Waals surface area contributed by atoms with Crippen LogP contribution in [0, 0.1) is 29.6 Å². The van der Waals surface area contributed by atoms with E-state index in [2.05, 4.69) is 66.0 Å². The predicted octanol–water partition coefficient (Wildman–Crippen LogP) is 3.72. The zero-order chi connectivity index (χ0) is 26.4. The lowest BCUT2D eigenvalue weighted by molar-refractivity contribution is -0.127. The van der Waals surface area contributed by atoms with Gasteiger partial charge < -0.3 is 14.7 Å². The van der Waals surface area contributed by atoms with Gasteiger partial charge >= 0.3 is 0 Å². The molecule has 0 spiro atoms. The van der Waals surface area contributed by atoms with Crippen LogP contribution in [0.1, 0.15) is 73.6 Å². The Kier molecular flexibility index (Phi) is 8.33. The normalized spacial score (nSPS) is 33.1. The van der Waals surface area contributed by atoms with Gasteiger partial charge in [0.2, 0.25) is 5.91 Å². The fourth-order valence-electron chi connectivity index (χ4n) is 8.27. The molecule has 6 heteroatoms. The van der Waals surface area contributed by atoms with E-state index in [1.807, 2.05) is 0 Å². The van der Waals surface area contributed by atoms with Gasteiger partial charge in [-0.15, -0.1) is 0 Å². The highest BCUT2D eigenvalue weighted by Gasteiger charge is 2.45. The summed E-state index contributed by atoms with van der Waals surface area (Å²) in [7, 11) is 0. The van der Waals surface area contributed by atoms with Crippen LogP contribution in [-0.2, 0) is 4.79 Å². The summed E-state index contributed by atoms with van der Waals surface area (Å²) in [5.74, 6) is 4.66. The van der Waals surface area contributed by atoms with E-state index in [1.165, 1.54) is 78.3 Å². The van der Waals surface area contributed by atoms with Gasteiger partial charge in [0.15, 0.2) is 0 Å². The second kappa shape index (κ2) is 11.1. The Hall–Kier alpha value is -0.690. The predicted molar refractivity (Wildman–Crippen MR) is 153 cm³/mol. The van der Waals surface area contributed by atoms with Crippen molar-refractivity contribution in [3.63, 3.8) is 0 Å². The number of likely N-dealkylation sites (tertiary alicyclic amines) is 5. The van der Waals surface area contributed by atoms with E-state index in [4.69, 9.17) is 0 Å². The smallest absolute Gasteiger partial charge is 0.222 e. The van der Waals surface area contributed by atoms with Crippen molar-refractivity contribution in [2.75, 3.05) is 78.5 Å². The molecule has 5 heterocycles. The van der Waals surface area contributed by atoms with Crippen molar-refractivity contribution in [3.05, 3.63) is 0 Å². The van der Waals surface area contributed by atoms with Crippen LogP contribution in [0.2, 0.25) is 0 Å². The van der Waals surface area contributed by atoms with Crippen LogP contribution >= 0.6 is 0 Å². The molecule has 0 aliphatic carbocycles. The Morgan fingerprint density at radius 2 is 1.35 bits per heavy atom. The lowest BCUT2D eigenvalue weighted by Crippen LogP contribution is -2.44. The Balaban J connectivity index is 0.984. The highest BCUT2D eigenvalue weighted by molar-refractivity contribution is 5.77. The number of rotatable bonds is 10. The Morgan fingerprint density at radius 1 is 0.784 bits per heavy atom. The number of amides is 1. The van der Waals surface area contributed by atoms with E-state index in [-0.39, 0.29) is 0 Å². The van der Waals surface area contributed by atoms with Gasteiger partial charge in [0.1, 0.15) is 0 Å². The minimum Gasteiger partial charge on any atom is -0.343 e. The van der Waals surface area contributed by atoms with E-state index in [0.717, 1.165) is 61.9 Å². The second-order valence-electron chi connectivity index (χ2n) is 15.3. The Bertz CT molecular complexity index is 765. The largest absolute Gasteiger partial charge is 0.343 e. The average Bonchev–Trinajstić information content (AvgIpc) is 3.59. The first-order valence-electron chi connectivity index (χ1n) is 15.7. The lowest BCUT2D eigenvalue weighted by atomic mass is 9.91. The van der Waals surface area contributed by atoms with Crippen LogP contribution < -0.4 is 0 Å². The molecule has 5 aliphatic heterocycles. The van der Waals surface area contributed by atoms with Gasteiger partial charge in [-0.1, -0.05) is 6.92 Å². The van der Waals surface area contributed by atoms with Crippen molar-refractivity contribution in [1.82, 2.24) is 24.5 Å². The van der Waals surface area contributed by atoms with Crippen LogP contribution in [0.4, 0.5) is 0 Å². The van der Waals surface area contributed by atoms with Gasteiger partial charge in [-0.25, -0.2) is 0 Å².